The number of nitrogens with zero attached hydrogens (tertiary/aromatic N) is 2. The van der Waals surface area contributed by atoms with Gasteiger partial charge in [0.05, 0.1) is 6.04 Å². The maximum absolute atomic E-state index is 4.29. The van der Waals surface area contributed by atoms with Crippen molar-refractivity contribution < 1.29 is 0 Å². The second-order valence-corrected chi connectivity index (χ2v) is 4.87. The Labute approximate surface area is 115 Å². The molecule has 19 heavy (non-hydrogen) atoms. The van der Waals surface area contributed by atoms with Crippen LogP contribution in [0.15, 0.2) is 36.7 Å². The number of hydrogen-bond donors (Lipinski definition) is 1. The molecule has 0 radical (unpaired) electrons. The van der Waals surface area contributed by atoms with E-state index in [9.17, 15) is 0 Å². The first-order valence-electron chi connectivity index (χ1n) is 6.83. The van der Waals surface area contributed by atoms with Gasteiger partial charge in [-0.05, 0) is 31.4 Å². The molecule has 0 saturated carbocycles. The molecule has 1 aromatic carbocycles. The predicted octanol–water partition coefficient (Wildman–Crippen LogP) is 3.91. The Morgan fingerprint density at radius 1 is 1.21 bits per heavy atom. The molecule has 0 spiro atoms. The van der Waals surface area contributed by atoms with Crippen LogP contribution in [-0.2, 0) is 6.42 Å². The van der Waals surface area contributed by atoms with Gasteiger partial charge in [0, 0.05) is 11.8 Å². The largest absolute Gasteiger partial charge is 0.363 e. The lowest BCUT2D eigenvalue weighted by Gasteiger charge is -2.17. The summed E-state index contributed by atoms with van der Waals surface area (Å²) in [6, 6.07) is 10.7. The van der Waals surface area contributed by atoms with Gasteiger partial charge in [-0.2, -0.15) is 0 Å². The van der Waals surface area contributed by atoms with Crippen LogP contribution in [0, 0.1) is 6.92 Å². The highest BCUT2D eigenvalue weighted by atomic mass is 15.0. The van der Waals surface area contributed by atoms with Gasteiger partial charge in [-0.1, -0.05) is 37.6 Å². The maximum atomic E-state index is 4.29. The molecule has 0 aliphatic heterocycles. The summed E-state index contributed by atoms with van der Waals surface area (Å²) in [6.45, 7) is 6.45. The highest BCUT2D eigenvalue weighted by Gasteiger charge is 2.08. The lowest BCUT2D eigenvalue weighted by Crippen LogP contribution is -2.10. The fraction of sp³-hybridized carbons (Fsp3) is 0.375. The van der Waals surface area contributed by atoms with Crippen molar-refractivity contribution in [2.24, 2.45) is 0 Å². The van der Waals surface area contributed by atoms with Gasteiger partial charge in [-0.25, -0.2) is 9.97 Å². The Hall–Kier alpha value is -1.90. The van der Waals surface area contributed by atoms with Crippen molar-refractivity contribution in [3.05, 3.63) is 53.5 Å². The number of aryl methyl sites for hydroxylation is 2. The number of hydrogen-bond acceptors (Lipinski definition) is 3. The maximum Gasteiger partial charge on any atom is 0.130 e. The van der Waals surface area contributed by atoms with Crippen molar-refractivity contribution in [2.75, 3.05) is 5.32 Å². The smallest absolute Gasteiger partial charge is 0.130 e. The number of rotatable bonds is 5. The monoisotopic (exact) mass is 255 g/mol. The summed E-state index contributed by atoms with van der Waals surface area (Å²) in [4.78, 5) is 8.57. The molecule has 1 unspecified atom stereocenters. The van der Waals surface area contributed by atoms with E-state index >= 15 is 0 Å². The molecule has 3 heteroatoms. The molecule has 0 bridgehead atoms. The number of anilines is 1. The average Bonchev–Trinajstić information content (AvgIpc) is 2.40. The number of aromatic nitrogens is 2. The molecule has 3 nitrogen and oxygen atoms in total. The first kappa shape index (κ1) is 13.5. The third kappa shape index (κ3) is 3.53. The van der Waals surface area contributed by atoms with Crippen molar-refractivity contribution in [2.45, 2.75) is 39.7 Å². The van der Waals surface area contributed by atoms with Crippen LogP contribution in [0.3, 0.4) is 0 Å². The van der Waals surface area contributed by atoms with Gasteiger partial charge in [0.15, 0.2) is 0 Å². The first-order valence-corrected chi connectivity index (χ1v) is 6.83. The van der Waals surface area contributed by atoms with Gasteiger partial charge in [0.1, 0.15) is 12.1 Å². The van der Waals surface area contributed by atoms with E-state index in [0.29, 0.717) is 0 Å². The second kappa shape index (κ2) is 6.32. The van der Waals surface area contributed by atoms with Crippen LogP contribution in [0.1, 0.15) is 43.1 Å². The Balaban J connectivity index is 2.12. The molecule has 0 aliphatic rings. The zero-order chi connectivity index (χ0) is 13.7. The van der Waals surface area contributed by atoms with E-state index in [1.165, 1.54) is 11.1 Å². The van der Waals surface area contributed by atoms with Crippen molar-refractivity contribution >= 4 is 5.82 Å². The number of nitrogens with one attached hydrogen (secondary N) is 1. The van der Waals surface area contributed by atoms with Crippen LogP contribution in [0.25, 0.3) is 0 Å². The van der Waals surface area contributed by atoms with Gasteiger partial charge in [0.2, 0.25) is 0 Å². The molecule has 1 heterocycles. The Bertz CT molecular complexity index is 537. The number of benzene rings is 1. The van der Waals surface area contributed by atoms with Gasteiger partial charge >= 0.3 is 0 Å². The molecular formula is C16H21N3. The van der Waals surface area contributed by atoms with Crippen LogP contribution in [0.2, 0.25) is 0 Å². The average molecular weight is 255 g/mol. The molecule has 2 rings (SSSR count). The van der Waals surface area contributed by atoms with Crippen LogP contribution < -0.4 is 5.32 Å². The molecule has 1 N–H and O–H groups in total. The lowest BCUT2D eigenvalue weighted by atomic mass is 10.0. The van der Waals surface area contributed by atoms with Crippen molar-refractivity contribution in [3.63, 3.8) is 0 Å². The van der Waals surface area contributed by atoms with E-state index in [-0.39, 0.29) is 6.04 Å². The van der Waals surface area contributed by atoms with E-state index in [0.717, 1.165) is 24.4 Å². The molecule has 1 atom stereocenters. The van der Waals surface area contributed by atoms with E-state index in [1.807, 2.05) is 6.07 Å². The van der Waals surface area contributed by atoms with Crippen LogP contribution in [0.5, 0.6) is 0 Å². The summed E-state index contributed by atoms with van der Waals surface area (Å²) in [5, 5.41) is 3.45. The zero-order valence-electron chi connectivity index (χ0n) is 11.9. The van der Waals surface area contributed by atoms with Crippen molar-refractivity contribution in [3.8, 4) is 0 Å². The molecule has 100 valence electrons. The first-order chi connectivity index (χ1) is 9.20. The highest BCUT2D eigenvalue weighted by Crippen LogP contribution is 2.21. The summed E-state index contributed by atoms with van der Waals surface area (Å²) in [5.74, 6) is 0.897. The topological polar surface area (TPSA) is 37.8 Å². The van der Waals surface area contributed by atoms with Crippen LogP contribution in [0.4, 0.5) is 5.82 Å². The third-order valence-electron chi connectivity index (χ3n) is 3.25. The summed E-state index contributed by atoms with van der Waals surface area (Å²) in [7, 11) is 0. The normalized spacial score (nSPS) is 12.2. The molecule has 1 aromatic heterocycles. The van der Waals surface area contributed by atoms with E-state index < -0.39 is 0 Å². The lowest BCUT2D eigenvalue weighted by molar-refractivity contribution is 0.844. The van der Waals surface area contributed by atoms with Crippen molar-refractivity contribution in [1.29, 1.82) is 0 Å². The summed E-state index contributed by atoms with van der Waals surface area (Å²) < 4.78 is 0. The standard InChI is InChI=1S/C16H21N3/c1-4-7-14-10-16(18-11-17-14)19-13(3)15-9-6-5-8-12(15)2/h5-6,8-11,13H,4,7H2,1-3H3,(H,17,18,19). The molecule has 2 aromatic rings. The van der Waals surface area contributed by atoms with E-state index in [2.05, 4.69) is 60.3 Å². The van der Waals surface area contributed by atoms with E-state index in [1.54, 1.807) is 6.33 Å². The van der Waals surface area contributed by atoms with Gasteiger partial charge < -0.3 is 5.32 Å². The minimum Gasteiger partial charge on any atom is -0.363 e. The zero-order valence-corrected chi connectivity index (χ0v) is 11.9. The van der Waals surface area contributed by atoms with Gasteiger partial charge in [-0.3, -0.25) is 0 Å². The molecule has 0 aliphatic carbocycles. The minimum absolute atomic E-state index is 0.241. The SMILES string of the molecule is CCCc1cc(NC(C)c2ccccc2C)ncn1. The quantitative estimate of drug-likeness (QED) is 0.880. The van der Waals surface area contributed by atoms with Crippen LogP contribution in [-0.4, -0.2) is 9.97 Å². The molecular weight excluding hydrogens is 234 g/mol. The minimum atomic E-state index is 0.241. The molecule has 0 fully saturated rings. The fourth-order valence-corrected chi connectivity index (χ4v) is 2.24. The summed E-state index contributed by atoms with van der Waals surface area (Å²) in [6.07, 6.45) is 3.73. The second-order valence-electron chi connectivity index (χ2n) is 4.87. The summed E-state index contributed by atoms with van der Waals surface area (Å²) in [5.41, 5.74) is 3.69. The van der Waals surface area contributed by atoms with Gasteiger partial charge in [-0.15, -0.1) is 0 Å². The summed E-state index contributed by atoms with van der Waals surface area (Å²) >= 11 is 0. The third-order valence-corrected chi connectivity index (χ3v) is 3.25. The van der Waals surface area contributed by atoms with Crippen molar-refractivity contribution in [1.82, 2.24) is 9.97 Å². The molecule has 0 amide bonds. The predicted molar refractivity (Wildman–Crippen MR) is 79.2 cm³/mol. The Morgan fingerprint density at radius 2 is 2.00 bits per heavy atom. The van der Waals surface area contributed by atoms with Crippen LogP contribution >= 0.6 is 0 Å². The highest BCUT2D eigenvalue weighted by molar-refractivity contribution is 5.40. The molecule has 0 saturated heterocycles. The van der Waals surface area contributed by atoms with Gasteiger partial charge in [0.25, 0.3) is 0 Å². The Morgan fingerprint density at radius 3 is 2.74 bits per heavy atom. The Kier molecular flexibility index (Phi) is 4.50. The van der Waals surface area contributed by atoms with E-state index in [4.69, 9.17) is 0 Å². The fourth-order valence-electron chi connectivity index (χ4n) is 2.24.